The van der Waals surface area contributed by atoms with Crippen molar-refractivity contribution < 1.29 is 21.8 Å². The predicted octanol–water partition coefficient (Wildman–Crippen LogP) is 0.360. The van der Waals surface area contributed by atoms with E-state index >= 15 is 0 Å². The Labute approximate surface area is 125 Å². The van der Waals surface area contributed by atoms with E-state index in [-0.39, 0.29) is 16.7 Å². The number of benzene rings is 1. The number of nitrogens with one attached hydrogen (secondary N) is 1. The molecular weight excluding hydrogens is 319 g/mol. The van der Waals surface area contributed by atoms with Crippen molar-refractivity contribution in [2.24, 2.45) is 5.14 Å². The topological polar surface area (TPSA) is 106 Å². The molecule has 0 bridgehead atoms. The minimum atomic E-state index is -4.01. The van der Waals surface area contributed by atoms with Gasteiger partial charge in [-0.1, -0.05) is 6.92 Å². The molecule has 1 amide bonds. The van der Waals surface area contributed by atoms with Gasteiger partial charge in [0.25, 0.3) is 5.91 Å². The quantitative estimate of drug-likeness (QED) is 0.782. The summed E-state index contributed by atoms with van der Waals surface area (Å²) in [6.07, 6.45) is 2.02. The normalized spacial score (nSPS) is 14.5. The summed E-state index contributed by atoms with van der Waals surface area (Å²) in [5.74, 6) is -1.58. The Kier molecular flexibility index (Phi) is 5.99. The number of halogens is 1. The molecule has 9 heteroatoms. The van der Waals surface area contributed by atoms with Crippen LogP contribution < -0.4 is 10.5 Å². The third-order valence-corrected chi connectivity index (χ3v) is 5.19. The van der Waals surface area contributed by atoms with Gasteiger partial charge in [0.1, 0.15) is 5.82 Å². The molecule has 2 atom stereocenters. The molecule has 0 fully saturated rings. The summed E-state index contributed by atoms with van der Waals surface area (Å²) in [7, 11) is -5.02. The lowest BCUT2D eigenvalue weighted by Gasteiger charge is -2.10. The zero-order valence-electron chi connectivity index (χ0n) is 11.6. The summed E-state index contributed by atoms with van der Waals surface area (Å²) in [4.78, 5) is 11.5. The molecule has 21 heavy (non-hydrogen) atoms. The molecule has 2 unspecified atom stereocenters. The van der Waals surface area contributed by atoms with E-state index in [1.165, 1.54) is 0 Å². The van der Waals surface area contributed by atoms with Crippen molar-refractivity contribution in [3.63, 3.8) is 0 Å². The van der Waals surface area contributed by atoms with E-state index in [9.17, 15) is 21.8 Å². The first-order valence-electron chi connectivity index (χ1n) is 6.05. The highest BCUT2D eigenvalue weighted by Crippen LogP contribution is 2.14. The summed E-state index contributed by atoms with van der Waals surface area (Å²) >= 11 is 0. The number of amides is 1. The fourth-order valence-electron chi connectivity index (χ4n) is 1.51. The van der Waals surface area contributed by atoms with Gasteiger partial charge in [-0.05, 0) is 24.6 Å². The van der Waals surface area contributed by atoms with Gasteiger partial charge in [-0.25, -0.2) is 17.9 Å². The lowest BCUT2D eigenvalue weighted by atomic mass is 10.2. The molecule has 0 spiro atoms. The number of rotatable bonds is 6. The summed E-state index contributed by atoms with van der Waals surface area (Å²) in [5.41, 5.74) is -0.396. The number of carbonyl (C=O) groups is 1. The fraction of sp³-hybridized carbons (Fsp3) is 0.417. The van der Waals surface area contributed by atoms with Gasteiger partial charge >= 0.3 is 0 Å². The standard InChI is InChI=1S/C12H17FN2O4S2/c1-8(20(2)17)5-6-15-12(16)10-7-9(21(14,18)19)3-4-11(10)13/h3-4,7-8H,5-6H2,1-2H3,(H,15,16)(H2,14,18,19). The third-order valence-electron chi connectivity index (χ3n) is 2.91. The first-order valence-corrected chi connectivity index (χ1v) is 9.22. The van der Waals surface area contributed by atoms with Crippen LogP contribution in [0.3, 0.4) is 0 Å². The number of hydrogen-bond donors (Lipinski definition) is 2. The minimum absolute atomic E-state index is 0.106. The molecule has 0 saturated heterocycles. The highest BCUT2D eigenvalue weighted by atomic mass is 32.2. The SMILES string of the molecule is CC(CCNC(=O)c1cc(S(N)(=O)=O)ccc1F)S(C)=O. The van der Waals surface area contributed by atoms with E-state index in [0.717, 1.165) is 18.2 Å². The molecule has 0 radical (unpaired) electrons. The molecular formula is C12H17FN2O4S2. The first kappa shape index (κ1) is 17.7. The molecule has 118 valence electrons. The fourth-order valence-corrected chi connectivity index (χ4v) is 2.50. The van der Waals surface area contributed by atoms with Crippen LogP contribution in [0.1, 0.15) is 23.7 Å². The maximum absolute atomic E-state index is 13.6. The average Bonchev–Trinajstić information content (AvgIpc) is 2.37. The van der Waals surface area contributed by atoms with Gasteiger partial charge in [0.2, 0.25) is 10.0 Å². The van der Waals surface area contributed by atoms with E-state index < -0.39 is 38.1 Å². The van der Waals surface area contributed by atoms with Crippen LogP contribution in [0.25, 0.3) is 0 Å². The second-order valence-corrected chi connectivity index (χ2v) is 7.90. The van der Waals surface area contributed by atoms with Crippen LogP contribution in [0.2, 0.25) is 0 Å². The average molecular weight is 336 g/mol. The van der Waals surface area contributed by atoms with Crippen molar-refractivity contribution in [3.05, 3.63) is 29.6 Å². The Bertz CT molecular complexity index is 661. The highest BCUT2D eigenvalue weighted by molar-refractivity contribution is 7.89. The minimum Gasteiger partial charge on any atom is -0.352 e. The van der Waals surface area contributed by atoms with Crippen LogP contribution in [-0.2, 0) is 20.8 Å². The second kappa shape index (κ2) is 7.10. The largest absolute Gasteiger partial charge is 0.352 e. The Balaban J connectivity index is 2.81. The third kappa shape index (κ3) is 5.18. The molecule has 0 aliphatic rings. The first-order chi connectivity index (χ1) is 9.62. The second-order valence-electron chi connectivity index (χ2n) is 4.54. The smallest absolute Gasteiger partial charge is 0.254 e. The Morgan fingerprint density at radius 3 is 2.62 bits per heavy atom. The Hall–Kier alpha value is -1.32. The predicted molar refractivity (Wildman–Crippen MR) is 78.3 cm³/mol. The van der Waals surface area contributed by atoms with Crippen molar-refractivity contribution in [1.29, 1.82) is 0 Å². The van der Waals surface area contributed by atoms with Crippen molar-refractivity contribution >= 4 is 26.7 Å². The lowest BCUT2D eigenvalue weighted by molar-refractivity contribution is 0.0949. The van der Waals surface area contributed by atoms with E-state index in [2.05, 4.69) is 5.32 Å². The Morgan fingerprint density at radius 1 is 1.48 bits per heavy atom. The maximum atomic E-state index is 13.6. The van der Waals surface area contributed by atoms with Crippen LogP contribution in [0.5, 0.6) is 0 Å². The molecule has 0 aliphatic carbocycles. The van der Waals surface area contributed by atoms with E-state index in [0.29, 0.717) is 6.42 Å². The van der Waals surface area contributed by atoms with Gasteiger partial charge in [-0.15, -0.1) is 0 Å². The summed E-state index contributed by atoms with van der Waals surface area (Å²) in [5, 5.41) is 7.28. The van der Waals surface area contributed by atoms with E-state index in [1.807, 2.05) is 0 Å². The maximum Gasteiger partial charge on any atom is 0.254 e. The molecule has 0 aromatic heterocycles. The summed E-state index contributed by atoms with van der Waals surface area (Å²) in [6.45, 7) is 1.98. The number of primary sulfonamides is 1. The van der Waals surface area contributed by atoms with E-state index in [1.54, 1.807) is 13.2 Å². The van der Waals surface area contributed by atoms with Crippen molar-refractivity contribution in [1.82, 2.24) is 5.32 Å². The van der Waals surface area contributed by atoms with Gasteiger partial charge in [-0.3, -0.25) is 9.00 Å². The molecule has 0 aliphatic heterocycles. The van der Waals surface area contributed by atoms with Crippen LogP contribution in [0, 0.1) is 5.82 Å². The monoisotopic (exact) mass is 336 g/mol. The summed E-state index contributed by atoms with van der Waals surface area (Å²) in [6, 6.07) is 2.75. The van der Waals surface area contributed by atoms with E-state index in [4.69, 9.17) is 5.14 Å². The zero-order valence-corrected chi connectivity index (χ0v) is 13.3. The van der Waals surface area contributed by atoms with Gasteiger partial charge in [-0.2, -0.15) is 0 Å². The van der Waals surface area contributed by atoms with Crippen molar-refractivity contribution in [2.45, 2.75) is 23.5 Å². The molecule has 3 N–H and O–H groups in total. The number of carbonyl (C=O) groups excluding carboxylic acids is 1. The van der Waals surface area contributed by atoms with Crippen LogP contribution in [0.4, 0.5) is 4.39 Å². The molecule has 0 heterocycles. The van der Waals surface area contributed by atoms with Gasteiger partial charge in [0, 0.05) is 28.9 Å². The van der Waals surface area contributed by atoms with Gasteiger partial charge < -0.3 is 5.32 Å². The molecule has 1 aromatic rings. The molecule has 1 rings (SSSR count). The van der Waals surface area contributed by atoms with Gasteiger partial charge in [0.15, 0.2) is 0 Å². The van der Waals surface area contributed by atoms with Crippen molar-refractivity contribution in [3.8, 4) is 0 Å². The van der Waals surface area contributed by atoms with Gasteiger partial charge in [0.05, 0.1) is 10.5 Å². The van der Waals surface area contributed by atoms with Crippen molar-refractivity contribution in [2.75, 3.05) is 12.8 Å². The number of nitrogens with two attached hydrogens (primary N) is 1. The molecule has 1 aromatic carbocycles. The van der Waals surface area contributed by atoms with Crippen LogP contribution in [0.15, 0.2) is 23.1 Å². The van der Waals surface area contributed by atoms with Crippen LogP contribution >= 0.6 is 0 Å². The lowest BCUT2D eigenvalue weighted by Crippen LogP contribution is -2.28. The molecule has 0 saturated carbocycles. The van der Waals surface area contributed by atoms with Crippen LogP contribution in [-0.4, -0.2) is 36.6 Å². The summed E-state index contributed by atoms with van der Waals surface area (Å²) < 4.78 is 47.1. The Morgan fingerprint density at radius 2 is 2.10 bits per heavy atom. The highest BCUT2D eigenvalue weighted by Gasteiger charge is 2.17. The number of hydrogen-bond acceptors (Lipinski definition) is 4. The molecule has 6 nitrogen and oxygen atoms in total. The zero-order chi connectivity index (χ0) is 16.2. The number of sulfonamides is 1.